The molecule has 0 fully saturated rings. The number of anilines is 1. The molecule has 2 aromatic heterocycles. The van der Waals surface area contributed by atoms with Gasteiger partial charge in [0.1, 0.15) is 6.04 Å². The number of amides is 1. The number of carbonyl (C=O) groups excluding carboxylic acids is 1. The maximum atomic E-state index is 12.4. The van der Waals surface area contributed by atoms with Gasteiger partial charge in [-0.15, -0.1) is 5.10 Å². The summed E-state index contributed by atoms with van der Waals surface area (Å²) in [6.07, 6.45) is 7.07. The average Bonchev–Trinajstić information content (AvgIpc) is 3.20. The molecule has 0 aliphatic carbocycles. The van der Waals surface area contributed by atoms with Gasteiger partial charge in [-0.3, -0.25) is 4.79 Å². The number of hydrogen-bond donors (Lipinski definition) is 1. The van der Waals surface area contributed by atoms with Gasteiger partial charge in [-0.05, 0) is 31.2 Å². The maximum Gasteiger partial charge on any atom is 0.247 e. The van der Waals surface area contributed by atoms with E-state index in [0.717, 1.165) is 5.69 Å². The summed E-state index contributed by atoms with van der Waals surface area (Å²) >= 11 is 0. The molecule has 1 N–H and O–H groups in total. The Bertz CT molecular complexity index is 718. The van der Waals surface area contributed by atoms with Gasteiger partial charge in [0.25, 0.3) is 0 Å². The maximum absolute atomic E-state index is 12.4. The van der Waals surface area contributed by atoms with Gasteiger partial charge in [0.05, 0.1) is 23.8 Å². The van der Waals surface area contributed by atoms with Gasteiger partial charge in [-0.25, -0.2) is 4.68 Å². The summed E-state index contributed by atoms with van der Waals surface area (Å²) in [5, 5.41) is 10.7. The van der Waals surface area contributed by atoms with E-state index in [2.05, 4.69) is 15.6 Å². The number of nitrogens with one attached hydrogen (secondary N) is 1. The molecule has 1 atom stereocenters. The second kappa shape index (κ2) is 5.62. The summed E-state index contributed by atoms with van der Waals surface area (Å²) in [7, 11) is 0. The predicted molar refractivity (Wildman–Crippen MR) is 79.1 cm³/mol. The molecule has 0 spiro atoms. The van der Waals surface area contributed by atoms with Crippen LogP contribution in [0.15, 0.2) is 61.2 Å². The molecule has 1 amide bonds. The van der Waals surface area contributed by atoms with Crippen molar-refractivity contribution in [2.45, 2.75) is 13.0 Å². The summed E-state index contributed by atoms with van der Waals surface area (Å²) in [4.78, 5) is 12.4. The van der Waals surface area contributed by atoms with Crippen LogP contribution < -0.4 is 5.32 Å². The van der Waals surface area contributed by atoms with E-state index >= 15 is 0 Å². The van der Waals surface area contributed by atoms with E-state index in [0.29, 0.717) is 5.69 Å². The van der Waals surface area contributed by atoms with Crippen molar-refractivity contribution in [2.24, 2.45) is 0 Å². The van der Waals surface area contributed by atoms with Gasteiger partial charge in [0, 0.05) is 12.4 Å². The van der Waals surface area contributed by atoms with Crippen LogP contribution in [0.3, 0.4) is 0 Å². The number of para-hydroxylation sites is 2. The van der Waals surface area contributed by atoms with Crippen molar-refractivity contribution < 1.29 is 4.79 Å². The summed E-state index contributed by atoms with van der Waals surface area (Å²) < 4.78 is 3.48. The summed E-state index contributed by atoms with van der Waals surface area (Å²) in [5.41, 5.74) is 1.48. The number of rotatable bonds is 4. The van der Waals surface area contributed by atoms with Crippen molar-refractivity contribution in [1.29, 1.82) is 0 Å². The molecule has 0 saturated heterocycles. The molecule has 2 heterocycles. The fraction of sp³-hybridized carbons (Fsp3) is 0.133. The molecular formula is C15H15N5O. The normalized spacial score (nSPS) is 12.0. The van der Waals surface area contributed by atoms with E-state index in [1.54, 1.807) is 17.1 Å². The SMILES string of the molecule is C[C@@H](C(=O)Nc1ccccc1-n1ccnn1)n1cccc1. The van der Waals surface area contributed by atoms with Gasteiger partial charge in [-0.1, -0.05) is 17.3 Å². The van der Waals surface area contributed by atoms with E-state index in [4.69, 9.17) is 0 Å². The van der Waals surface area contributed by atoms with Gasteiger partial charge in [-0.2, -0.15) is 0 Å². The van der Waals surface area contributed by atoms with Crippen molar-refractivity contribution >= 4 is 11.6 Å². The number of aromatic nitrogens is 4. The minimum atomic E-state index is -0.288. The van der Waals surface area contributed by atoms with Crippen LogP contribution in [0.1, 0.15) is 13.0 Å². The van der Waals surface area contributed by atoms with E-state index in [-0.39, 0.29) is 11.9 Å². The Balaban J connectivity index is 1.84. The number of carbonyl (C=O) groups is 1. The fourth-order valence-electron chi connectivity index (χ4n) is 2.09. The third kappa shape index (κ3) is 2.69. The van der Waals surface area contributed by atoms with Crippen LogP contribution in [-0.4, -0.2) is 25.5 Å². The fourth-order valence-corrected chi connectivity index (χ4v) is 2.09. The van der Waals surface area contributed by atoms with Gasteiger partial charge in [0.2, 0.25) is 5.91 Å². The van der Waals surface area contributed by atoms with Crippen molar-refractivity contribution in [2.75, 3.05) is 5.32 Å². The first-order valence-electron chi connectivity index (χ1n) is 6.65. The molecular weight excluding hydrogens is 266 g/mol. The molecule has 6 nitrogen and oxygen atoms in total. The molecule has 0 aliphatic rings. The summed E-state index contributed by atoms with van der Waals surface area (Å²) in [5.74, 6) is -0.0845. The highest BCUT2D eigenvalue weighted by Gasteiger charge is 2.15. The minimum absolute atomic E-state index is 0.0845. The van der Waals surface area contributed by atoms with Crippen LogP contribution in [0.4, 0.5) is 5.69 Å². The van der Waals surface area contributed by atoms with Crippen molar-refractivity contribution in [3.63, 3.8) is 0 Å². The lowest BCUT2D eigenvalue weighted by atomic mass is 10.2. The second-order valence-electron chi connectivity index (χ2n) is 4.66. The second-order valence-corrected chi connectivity index (χ2v) is 4.66. The van der Waals surface area contributed by atoms with Crippen molar-refractivity contribution in [3.8, 4) is 5.69 Å². The lowest BCUT2D eigenvalue weighted by Crippen LogP contribution is -2.23. The van der Waals surface area contributed by atoms with Gasteiger partial charge < -0.3 is 9.88 Å². The lowest BCUT2D eigenvalue weighted by molar-refractivity contribution is -0.118. The zero-order valence-corrected chi connectivity index (χ0v) is 11.5. The van der Waals surface area contributed by atoms with Crippen LogP contribution in [0.5, 0.6) is 0 Å². The quantitative estimate of drug-likeness (QED) is 0.797. The Hall–Kier alpha value is -2.89. The molecule has 0 aliphatic heterocycles. The predicted octanol–water partition coefficient (Wildman–Crippen LogP) is 2.27. The first kappa shape index (κ1) is 13.1. The zero-order chi connectivity index (χ0) is 14.7. The Labute approximate surface area is 122 Å². The Morgan fingerprint density at radius 1 is 1.14 bits per heavy atom. The van der Waals surface area contributed by atoms with Crippen molar-refractivity contribution in [1.82, 2.24) is 19.6 Å². The molecule has 0 bridgehead atoms. The summed E-state index contributed by atoms with van der Waals surface area (Å²) in [6.45, 7) is 1.85. The molecule has 3 aromatic rings. The Morgan fingerprint density at radius 3 is 2.62 bits per heavy atom. The van der Waals surface area contributed by atoms with Gasteiger partial charge >= 0.3 is 0 Å². The van der Waals surface area contributed by atoms with Crippen LogP contribution >= 0.6 is 0 Å². The molecule has 0 saturated carbocycles. The van der Waals surface area contributed by atoms with Crippen LogP contribution in [0.2, 0.25) is 0 Å². The first-order chi connectivity index (χ1) is 10.3. The molecule has 6 heteroatoms. The highest BCUT2D eigenvalue weighted by Crippen LogP contribution is 2.20. The highest BCUT2D eigenvalue weighted by molar-refractivity contribution is 5.95. The number of benzene rings is 1. The van der Waals surface area contributed by atoms with E-state index in [9.17, 15) is 4.79 Å². The van der Waals surface area contributed by atoms with Crippen LogP contribution in [-0.2, 0) is 4.79 Å². The van der Waals surface area contributed by atoms with E-state index in [1.165, 1.54) is 0 Å². The van der Waals surface area contributed by atoms with Gasteiger partial charge in [0.15, 0.2) is 0 Å². The Kier molecular flexibility index (Phi) is 3.51. The summed E-state index contributed by atoms with van der Waals surface area (Å²) in [6, 6.07) is 11.0. The number of hydrogen-bond acceptors (Lipinski definition) is 3. The highest BCUT2D eigenvalue weighted by atomic mass is 16.2. The van der Waals surface area contributed by atoms with Crippen LogP contribution in [0, 0.1) is 0 Å². The topological polar surface area (TPSA) is 64.7 Å². The largest absolute Gasteiger partial charge is 0.342 e. The third-order valence-electron chi connectivity index (χ3n) is 3.29. The van der Waals surface area contributed by atoms with Crippen molar-refractivity contribution in [3.05, 3.63) is 61.2 Å². The number of nitrogens with zero attached hydrogens (tertiary/aromatic N) is 4. The standard InChI is InChI=1S/C15H15N5O/c1-12(19-9-4-5-10-19)15(21)17-13-6-2-3-7-14(13)20-11-8-16-18-20/h2-12H,1H3,(H,17,21)/t12-/m0/s1. The van der Waals surface area contributed by atoms with E-state index in [1.807, 2.05) is 60.3 Å². The van der Waals surface area contributed by atoms with E-state index < -0.39 is 0 Å². The Morgan fingerprint density at radius 2 is 1.90 bits per heavy atom. The first-order valence-corrected chi connectivity index (χ1v) is 6.65. The third-order valence-corrected chi connectivity index (χ3v) is 3.29. The monoisotopic (exact) mass is 281 g/mol. The molecule has 106 valence electrons. The lowest BCUT2D eigenvalue weighted by Gasteiger charge is -2.15. The zero-order valence-electron chi connectivity index (χ0n) is 11.5. The minimum Gasteiger partial charge on any atom is -0.342 e. The molecule has 21 heavy (non-hydrogen) atoms. The molecule has 1 aromatic carbocycles. The average molecular weight is 281 g/mol. The molecule has 0 radical (unpaired) electrons. The smallest absolute Gasteiger partial charge is 0.247 e. The van der Waals surface area contributed by atoms with Crippen LogP contribution in [0.25, 0.3) is 5.69 Å². The molecule has 3 rings (SSSR count). The molecule has 0 unspecified atom stereocenters.